The summed E-state index contributed by atoms with van der Waals surface area (Å²) in [5.74, 6) is 0.991. The molecular weight excluding hydrogens is 150 g/mol. The van der Waals surface area contributed by atoms with E-state index in [9.17, 15) is 0 Å². The predicted molar refractivity (Wildman–Crippen MR) is 49.2 cm³/mol. The van der Waals surface area contributed by atoms with Gasteiger partial charge in [0.1, 0.15) is 0 Å². The van der Waals surface area contributed by atoms with Gasteiger partial charge in [-0.2, -0.15) is 0 Å². The molecule has 0 radical (unpaired) electrons. The lowest BCUT2D eigenvalue weighted by atomic mass is 10.0. The molecule has 2 heteroatoms. The summed E-state index contributed by atoms with van der Waals surface area (Å²) in [5, 5.41) is 0. The van der Waals surface area contributed by atoms with Crippen molar-refractivity contribution in [2.75, 3.05) is 19.7 Å². The molecule has 12 heavy (non-hydrogen) atoms. The molecule has 2 saturated heterocycles. The third-order valence-corrected chi connectivity index (χ3v) is 3.06. The molecule has 0 aliphatic carbocycles. The fraction of sp³-hybridized carbons (Fsp3) is 1.00. The number of nitrogens with zero attached hydrogens (tertiary/aromatic N) is 1. The number of piperidine rings is 1. The summed E-state index contributed by atoms with van der Waals surface area (Å²) < 4.78 is 5.64. The molecule has 0 spiro atoms. The minimum atomic E-state index is 0.394. The molecule has 2 bridgehead atoms. The van der Waals surface area contributed by atoms with E-state index in [2.05, 4.69) is 18.7 Å². The summed E-state index contributed by atoms with van der Waals surface area (Å²) in [6, 6.07) is 0.742. The van der Waals surface area contributed by atoms with Gasteiger partial charge in [0, 0.05) is 12.6 Å². The third kappa shape index (κ3) is 1.64. The average Bonchev–Trinajstić information content (AvgIpc) is 2.60. The van der Waals surface area contributed by atoms with Crippen LogP contribution in [-0.2, 0) is 4.74 Å². The van der Waals surface area contributed by atoms with Crippen LogP contribution in [0.1, 0.15) is 26.7 Å². The second-order valence-electron chi connectivity index (χ2n) is 4.42. The van der Waals surface area contributed by atoms with Crippen molar-refractivity contribution in [3.8, 4) is 0 Å². The van der Waals surface area contributed by atoms with Crippen molar-refractivity contribution in [3.05, 3.63) is 0 Å². The van der Waals surface area contributed by atoms with Crippen LogP contribution < -0.4 is 0 Å². The Morgan fingerprint density at radius 1 is 1.50 bits per heavy atom. The summed E-state index contributed by atoms with van der Waals surface area (Å²) in [7, 11) is 0. The molecule has 3 atom stereocenters. The van der Waals surface area contributed by atoms with Gasteiger partial charge in [-0.15, -0.1) is 0 Å². The van der Waals surface area contributed by atoms with Crippen molar-refractivity contribution in [1.82, 2.24) is 4.90 Å². The Hall–Kier alpha value is -0.0800. The van der Waals surface area contributed by atoms with Gasteiger partial charge in [0.25, 0.3) is 0 Å². The highest BCUT2D eigenvalue weighted by molar-refractivity contribution is 4.91. The largest absolute Gasteiger partial charge is 0.377 e. The van der Waals surface area contributed by atoms with Crippen LogP contribution in [0.25, 0.3) is 0 Å². The molecule has 0 saturated carbocycles. The van der Waals surface area contributed by atoms with E-state index >= 15 is 0 Å². The molecule has 2 fully saturated rings. The first-order valence-electron chi connectivity index (χ1n) is 5.11. The monoisotopic (exact) mass is 169 g/mol. The molecule has 0 amide bonds. The minimum absolute atomic E-state index is 0.394. The number of hydrogen-bond donors (Lipinski definition) is 0. The van der Waals surface area contributed by atoms with E-state index in [1.807, 2.05) is 0 Å². The first kappa shape index (κ1) is 8.52. The number of fused-ring (bicyclic) bond motifs is 2. The molecule has 70 valence electrons. The molecule has 0 aromatic rings. The van der Waals surface area contributed by atoms with E-state index in [4.69, 9.17) is 4.74 Å². The summed E-state index contributed by atoms with van der Waals surface area (Å²) >= 11 is 0. The molecule has 0 N–H and O–H groups in total. The average molecular weight is 169 g/mol. The van der Waals surface area contributed by atoms with Crippen LogP contribution in [-0.4, -0.2) is 36.7 Å². The van der Waals surface area contributed by atoms with E-state index in [1.165, 1.54) is 25.9 Å². The van der Waals surface area contributed by atoms with Gasteiger partial charge in [-0.05, 0) is 39.2 Å². The smallest absolute Gasteiger partial charge is 0.0625 e. The van der Waals surface area contributed by atoms with Crippen molar-refractivity contribution < 1.29 is 4.74 Å². The van der Waals surface area contributed by atoms with Gasteiger partial charge in [0.15, 0.2) is 0 Å². The molecule has 0 aromatic heterocycles. The first-order valence-corrected chi connectivity index (χ1v) is 5.11. The predicted octanol–water partition coefficient (Wildman–Crippen LogP) is 1.51. The maximum absolute atomic E-state index is 5.64. The van der Waals surface area contributed by atoms with Crippen molar-refractivity contribution in [3.63, 3.8) is 0 Å². The standard InChI is InChI=1S/C10H19NO/c1-8(2)12-7-10-5-9-3-4-11(10)6-9/h8-10H,3-7H2,1-2H3/t9?,10-/m0/s1. The van der Waals surface area contributed by atoms with E-state index in [1.54, 1.807) is 0 Å². The highest BCUT2D eigenvalue weighted by Crippen LogP contribution is 2.32. The van der Waals surface area contributed by atoms with Crippen LogP contribution in [0.15, 0.2) is 0 Å². The SMILES string of the molecule is CC(C)OC[C@@H]1CC2CCN1C2. The Kier molecular flexibility index (Phi) is 2.37. The molecule has 0 aromatic carbocycles. The fourth-order valence-electron chi connectivity index (χ4n) is 2.40. The quantitative estimate of drug-likeness (QED) is 0.635. The summed E-state index contributed by atoms with van der Waals surface area (Å²) in [6.07, 6.45) is 3.20. The highest BCUT2D eigenvalue weighted by Gasteiger charge is 2.37. The Morgan fingerprint density at radius 2 is 2.33 bits per heavy atom. The zero-order chi connectivity index (χ0) is 8.55. The molecule has 2 nitrogen and oxygen atoms in total. The first-order chi connectivity index (χ1) is 5.75. The van der Waals surface area contributed by atoms with E-state index in [0.717, 1.165) is 18.6 Å². The van der Waals surface area contributed by atoms with Crippen LogP contribution in [0.5, 0.6) is 0 Å². The van der Waals surface area contributed by atoms with Crippen LogP contribution in [0.2, 0.25) is 0 Å². The van der Waals surface area contributed by atoms with Crippen LogP contribution >= 0.6 is 0 Å². The Balaban J connectivity index is 1.76. The molecule has 2 unspecified atom stereocenters. The number of rotatable bonds is 3. The molecule has 2 aliphatic rings. The number of hydrogen-bond acceptors (Lipinski definition) is 2. The lowest BCUT2D eigenvalue weighted by molar-refractivity contribution is 0.0354. The van der Waals surface area contributed by atoms with Crippen LogP contribution in [0.3, 0.4) is 0 Å². The van der Waals surface area contributed by atoms with E-state index in [-0.39, 0.29) is 0 Å². The zero-order valence-corrected chi connectivity index (χ0v) is 8.12. The van der Waals surface area contributed by atoms with Crippen LogP contribution in [0, 0.1) is 5.92 Å². The van der Waals surface area contributed by atoms with Crippen molar-refractivity contribution >= 4 is 0 Å². The summed E-state index contributed by atoms with van der Waals surface area (Å²) in [6.45, 7) is 7.84. The number of ether oxygens (including phenoxy) is 1. The van der Waals surface area contributed by atoms with Crippen molar-refractivity contribution in [1.29, 1.82) is 0 Å². The van der Waals surface area contributed by atoms with E-state index in [0.29, 0.717) is 6.10 Å². The van der Waals surface area contributed by atoms with Gasteiger partial charge >= 0.3 is 0 Å². The molecule has 2 heterocycles. The zero-order valence-electron chi connectivity index (χ0n) is 8.12. The highest BCUT2D eigenvalue weighted by atomic mass is 16.5. The van der Waals surface area contributed by atoms with Gasteiger partial charge < -0.3 is 4.74 Å². The van der Waals surface area contributed by atoms with Crippen LogP contribution in [0.4, 0.5) is 0 Å². The Bertz CT molecular complexity index is 158. The minimum Gasteiger partial charge on any atom is -0.377 e. The summed E-state index contributed by atoms with van der Waals surface area (Å²) in [5.41, 5.74) is 0. The normalized spacial score (nSPS) is 39.8. The second kappa shape index (κ2) is 3.35. The Labute approximate surface area is 74.9 Å². The molecular formula is C10H19NO. The topological polar surface area (TPSA) is 12.5 Å². The maximum atomic E-state index is 5.64. The maximum Gasteiger partial charge on any atom is 0.0625 e. The fourth-order valence-corrected chi connectivity index (χ4v) is 2.40. The van der Waals surface area contributed by atoms with Crippen molar-refractivity contribution in [2.24, 2.45) is 5.92 Å². The second-order valence-corrected chi connectivity index (χ2v) is 4.42. The lowest BCUT2D eigenvalue weighted by Crippen LogP contribution is -2.34. The van der Waals surface area contributed by atoms with Gasteiger partial charge in [-0.25, -0.2) is 0 Å². The Morgan fingerprint density at radius 3 is 2.83 bits per heavy atom. The lowest BCUT2D eigenvalue weighted by Gasteiger charge is -2.25. The summed E-state index contributed by atoms with van der Waals surface area (Å²) in [4.78, 5) is 2.59. The van der Waals surface area contributed by atoms with Gasteiger partial charge in [0.2, 0.25) is 0 Å². The molecule has 2 aliphatic heterocycles. The van der Waals surface area contributed by atoms with Gasteiger partial charge in [-0.3, -0.25) is 4.90 Å². The van der Waals surface area contributed by atoms with E-state index < -0.39 is 0 Å². The van der Waals surface area contributed by atoms with Gasteiger partial charge in [0.05, 0.1) is 12.7 Å². The molecule has 2 rings (SSSR count). The third-order valence-electron chi connectivity index (χ3n) is 3.06. The van der Waals surface area contributed by atoms with Gasteiger partial charge in [-0.1, -0.05) is 0 Å². The van der Waals surface area contributed by atoms with Crippen molar-refractivity contribution in [2.45, 2.75) is 38.8 Å².